The first-order chi connectivity index (χ1) is 9.56. The molecule has 0 spiro atoms. The van der Waals surface area contributed by atoms with Gasteiger partial charge in [-0.2, -0.15) is 0 Å². The van der Waals surface area contributed by atoms with E-state index in [9.17, 15) is 9.59 Å². The molecular formula is C14H16ClNO4. The molecule has 1 heterocycles. The SMILES string of the molecule is O=C(O)[C@@H]1CCCN(C(=O)COc2ccc(Cl)cc2)C1. The van der Waals surface area contributed by atoms with Crippen LogP contribution in [0.3, 0.4) is 0 Å². The largest absolute Gasteiger partial charge is 0.484 e. The fourth-order valence-electron chi connectivity index (χ4n) is 2.17. The number of amides is 1. The Morgan fingerprint density at radius 3 is 2.70 bits per heavy atom. The second-order valence-electron chi connectivity index (χ2n) is 4.76. The van der Waals surface area contributed by atoms with E-state index in [0.717, 1.165) is 0 Å². The predicted molar refractivity (Wildman–Crippen MR) is 73.9 cm³/mol. The molecule has 108 valence electrons. The number of carboxylic acid groups (broad SMARTS) is 1. The first kappa shape index (κ1) is 14.7. The van der Waals surface area contributed by atoms with E-state index in [2.05, 4.69) is 0 Å². The van der Waals surface area contributed by atoms with Crippen molar-refractivity contribution in [2.24, 2.45) is 5.92 Å². The van der Waals surface area contributed by atoms with Crippen LogP contribution in [-0.2, 0) is 9.59 Å². The molecule has 0 bridgehead atoms. The van der Waals surface area contributed by atoms with E-state index in [1.807, 2.05) is 0 Å². The number of halogens is 1. The molecule has 1 N–H and O–H groups in total. The van der Waals surface area contributed by atoms with Crippen LogP contribution in [0.25, 0.3) is 0 Å². The van der Waals surface area contributed by atoms with Crippen LogP contribution < -0.4 is 4.74 Å². The van der Waals surface area contributed by atoms with E-state index in [4.69, 9.17) is 21.4 Å². The van der Waals surface area contributed by atoms with E-state index < -0.39 is 11.9 Å². The highest BCUT2D eigenvalue weighted by atomic mass is 35.5. The molecule has 1 saturated heterocycles. The standard InChI is InChI=1S/C14H16ClNO4/c15-11-3-5-12(6-4-11)20-9-13(17)16-7-1-2-10(8-16)14(18)19/h3-6,10H,1-2,7-9H2,(H,18,19)/t10-/m1/s1. The fraction of sp³-hybridized carbons (Fsp3) is 0.429. The maximum Gasteiger partial charge on any atom is 0.308 e. The topological polar surface area (TPSA) is 66.8 Å². The van der Waals surface area contributed by atoms with Gasteiger partial charge in [0, 0.05) is 18.1 Å². The summed E-state index contributed by atoms with van der Waals surface area (Å²) in [4.78, 5) is 24.5. The van der Waals surface area contributed by atoms with Crippen molar-refractivity contribution in [3.05, 3.63) is 29.3 Å². The summed E-state index contributed by atoms with van der Waals surface area (Å²) in [5.74, 6) is -0.940. The van der Waals surface area contributed by atoms with Crippen LogP contribution in [0.15, 0.2) is 24.3 Å². The van der Waals surface area contributed by atoms with Gasteiger partial charge in [-0.25, -0.2) is 0 Å². The third kappa shape index (κ3) is 3.87. The third-order valence-electron chi connectivity index (χ3n) is 3.30. The zero-order valence-corrected chi connectivity index (χ0v) is 11.7. The molecule has 0 aromatic heterocycles. The Hall–Kier alpha value is -1.75. The summed E-state index contributed by atoms with van der Waals surface area (Å²) in [5.41, 5.74) is 0. The van der Waals surface area contributed by atoms with Crippen LogP contribution >= 0.6 is 11.6 Å². The number of carbonyl (C=O) groups is 2. The third-order valence-corrected chi connectivity index (χ3v) is 3.55. The van der Waals surface area contributed by atoms with E-state index in [0.29, 0.717) is 30.2 Å². The maximum atomic E-state index is 12.0. The van der Waals surface area contributed by atoms with Crippen molar-refractivity contribution in [1.82, 2.24) is 4.90 Å². The molecule has 0 radical (unpaired) electrons. The minimum Gasteiger partial charge on any atom is -0.484 e. The van der Waals surface area contributed by atoms with E-state index in [1.165, 1.54) is 0 Å². The number of carbonyl (C=O) groups excluding carboxylic acids is 1. The van der Waals surface area contributed by atoms with Crippen molar-refractivity contribution >= 4 is 23.5 Å². The lowest BCUT2D eigenvalue weighted by molar-refractivity contribution is -0.146. The summed E-state index contributed by atoms with van der Waals surface area (Å²) in [7, 11) is 0. The van der Waals surface area contributed by atoms with Crippen molar-refractivity contribution in [3.8, 4) is 5.75 Å². The van der Waals surface area contributed by atoms with Crippen LogP contribution in [0.2, 0.25) is 5.02 Å². The number of hydrogen-bond acceptors (Lipinski definition) is 3. The lowest BCUT2D eigenvalue weighted by Gasteiger charge is -2.30. The summed E-state index contributed by atoms with van der Waals surface area (Å²) >= 11 is 5.76. The Morgan fingerprint density at radius 1 is 1.35 bits per heavy atom. The van der Waals surface area contributed by atoms with Crippen molar-refractivity contribution < 1.29 is 19.4 Å². The lowest BCUT2D eigenvalue weighted by Crippen LogP contribution is -2.44. The molecule has 1 aromatic rings. The summed E-state index contributed by atoms with van der Waals surface area (Å²) in [6.45, 7) is 0.763. The summed E-state index contributed by atoms with van der Waals surface area (Å²) < 4.78 is 5.37. The second kappa shape index (κ2) is 6.61. The minimum atomic E-state index is -0.846. The van der Waals surface area contributed by atoms with Gasteiger partial charge in [0.05, 0.1) is 5.92 Å². The smallest absolute Gasteiger partial charge is 0.308 e. The first-order valence-electron chi connectivity index (χ1n) is 6.45. The summed E-state index contributed by atoms with van der Waals surface area (Å²) in [5, 5.41) is 9.59. The van der Waals surface area contributed by atoms with Crippen molar-refractivity contribution in [2.75, 3.05) is 19.7 Å². The molecule has 0 unspecified atom stereocenters. The number of hydrogen-bond donors (Lipinski definition) is 1. The van der Waals surface area contributed by atoms with Crippen LogP contribution in [0.4, 0.5) is 0 Å². The van der Waals surface area contributed by atoms with Crippen LogP contribution in [-0.4, -0.2) is 41.6 Å². The molecule has 1 aromatic carbocycles. The highest BCUT2D eigenvalue weighted by Gasteiger charge is 2.28. The molecule has 0 aliphatic carbocycles. The van der Waals surface area contributed by atoms with Gasteiger partial charge in [0.1, 0.15) is 5.75 Å². The average Bonchev–Trinajstić information content (AvgIpc) is 2.46. The molecule has 20 heavy (non-hydrogen) atoms. The molecule has 1 atom stereocenters. The molecule has 1 aliphatic rings. The van der Waals surface area contributed by atoms with Gasteiger partial charge in [0.15, 0.2) is 6.61 Å². The van der Waals surface area contributed by atoms with Crippen molar-refractivity contribution in [1.29, 1.82) is 0 Å². The van der Waals surface area contributed by atoms with E-state index in [1.54, 1.807) is 29.2 Å². The zero-order chi connectivity index (χ0) is 14.5. The van der Waals surface area contributed by atoms with Crippen LogP contribution in [0.1, 0.15) is 12.8 Å². The number of nitrogens with zero attached hydrogens (tertiary/aromatic N) is 1. The molecule has 5 nitrogen and oxygen atoms in total. The zero-order valence-electron chi connectivity index (χ0n) is 10.9. The van der Waals surface area contributed by atoms with Gasteiger partial charge in [-0.15, -0.1) is 0 Å². The number of rotatable bonds is 4. The van der Waals surface area contributed by atoms with Gasteiger partial charge < -0.3 is 14.7 Å². The Bertz CT molecular complexity index is 488. The number of aliphatic carboxylic acids is 1. The number of piperidine rings is 1. The van der Waals surface area contributed by atoms with E-state index >= 15 is 0 Å². The lowest BCUT2D eigenvalue weighted by atomic mass is 9.98. The monoisotopic (exact) mass is 297 g/mol. The van der Waals surface area contributed by atoms with Crippen molar-refractivity contribution in [3.63, 3.8) is 0 Å². The quantitative estimate of drug-likeness (QED) is 0.923. The normalized spacial score (nSPS) is 18.6. The van der Waals surface area contributed by atoms with Gasteiger partial charge in [0.2, 0.25) is 0 Å². The number of ether oxygens (including phenoxy) is 1. The highest BCUT2D eigenvalue weighted by Crippen LogP contribution is 2.18. The maximum absolute atomic E-state index is 12.0. The van der Waals surface area contributed by atoms with E-state index in [-0.39, 0.29) is 19.1 Å². The molecule has 1 aliphatic heterocycles. The van der Waals surface area contributed by atoms with Crippen LogP contribution in [0.5, 0.6) is 5.75 Å². The summed E-state index contributed by atoms with van der Waals surface area (Å²) in [6.07, 6.45) is 1.33. The number of benzene rings is 1. The predicted octanol–water partition coefficient (Wildman–Crippen LogP) is 2.04. The molecule has 2 rings (SSSR count). The average molecular weight is 298 g/mol. The minimum absolute atomic E-state index is 0.0893. The Morgan fingerprint density at radius 2 is 2.05 bits per heavy atom. The van der Waals surface area contributed by atoms with Gasteiger partial charge in [0.25, 0.3) is 5.91 Å². The second-order valence-corrected chi connectivity index (χ2v) is 5.20. The fourth-order valence-corrected chi connectivity index (χ4v) is 2.30. The highest BCUT2D eigenvalue weighted by molar-refractivity contribution is 6.30. The van der Waals surface area contributed by atoms with Gasteiger partial charge in [-0.3, -0.25) is 9.59 Å². The molecule has 1 amide bonds. The molecular weight excluding hydrogens is 282 g/mol. The van der Waals surface area contributed by atoms with Crippen LogP contribution in [0, 0.1) is 5.92 Å². The number of carboxylic acids is 1. The van der Waals surface area contributed by atoms with Gasteiger partial charge >= 0.3 is 5.97 Å². The molecule has 1 fully saturated rings. The summed E-state index contributed by atoms with van der Waals surface area (Å²) in [6, 6.07) is 6.74. The molecule has 6 heteroatoms. The molecule has 0 saturated carbocycles. The van der Waals surface area contributed by atoms with Crippen molar-refractivity contribution in [2.45, 2.75) is 12.8 Å². The van der Waals surface area contributed by atoms with Gasteiger partial charge in [-0.05, 0) is 37.1 Å². The Kier molecular flexibility index (Phi) is 4.84. The number of likely N-dealkylation sites (tertiary alicyclic amines) is 1. The Balaban J connectivity index is 1.85. The Labute approximate surface area is 122 Å². The van der Waals surface area contributed by atoms with Gasteiger partial charge in [-0.1, -0.05) is 11.6 Å². The first-order valence-corrected chi connectivity index (χ1v) is 6.83.